The van der Waals surface area contributed by atoms with Gasteiger partial charge >= 0.3 is 0 Å². The molecule has 1 aromatic rings. The predicted octanol–water partition coefficient (Wildman–Crippen LogP) is 1.87. The van der Waals surface area contributed by atoms with Crippen molar-refractivity contribution >= 4 is 23.6 Å². The molecular formula is C17H25N3O2S. The van der Waals surface area contributed by atoms with Crippen LogP contribution < -0.4 is 11.1 Å². The fraction of sp³-hybridized carbons (Fsp3) is 0.529. The van der Waals surface area contributed by atoms with Gasteiger partial charge in [-0.05, 0) is 38.8 Å². The molecule has 6 heteroatoms. The Morgan fingerprint density at radius 1 is 1.39 bits per heavy atom. The Kier molecular flexibility index (Phi) is 6.47. The molecule has 126 valence electrons. The zero-order valence-corrected chi connectivity index (χ0v) is 14.6. The Morgan fingerprint density at radius 2 is 2.13 bits per heavy atom. The van der Waals surface area contributed by atoms with Gasteiger partial charge in [-0.15, -0.1) is 11.8 Å². The lowest BCUT2D eigenvalue weighted by molar-refractivity contribution is -0.119. The van der Waals surface area contributed by atoms with Gasteiger partial charge in [-0.2, -0.15) is 0 Å². The number of piperidine rings is 1. The minimum Gasteiger partial charge on any atom is -0.353 e. The molecule has 23 heavy (non-hydrogen) atoms. The van der Waals surface area contributed by atoms with E-state index in [9.17, 15) is 9.59 Å². The van der Waals surface area contributed by atoms with Crippen molar-refractivity contribution < 1.29 is 9.59 Å². The van der Waals surface area contributed by atoms with E-state index in [1.54, 1.807) is 0 Å². The van der Waals surface area contributed by atoms with Gasteiger partial charge in [-0.25, -0.2) is 0 Å². The van der Waals surface area contributed by atoms with E-state index in [1.807, 2.05) is 43.0 Å². The number of benzene rings is 1. The van der Waals surface area contributed by atoms with E-state index < -0.39 is 0 Å². The van der Waals surface area contributed by atoms with Crippen molar-refractivity contribution in [3.05, 3.63) is 29.8 Å². The monoisotopic (exact) mass is 335 g/mol. The van der Waals surface area contributed by atoms with Crippen molar-refractivity contribution in [2.24, 2.45) is 5.73 Å². The first kappa shape index (κ1) is 17.8. The first-order valence-corrected chi connectivity index (χ1v) is 9.02. The van der Waals surface area contributed by atoms with Crippen LogP contribution in [0.3, 0.4) is 0 Å². The summed E-state index contributed by atoms with van der Waals surface area (Å²) in [7, 11) is 0. The van der Waals surface area contributed by atoms with Crippen LogP contribution in [-0.4, -0.2) is 47.6 Å². The molecule has 1 aliphatic rings. The maximum Gasteiger partial charge on any atom is 0.255 e. The number of carbonyl (C=O) groups is 2. The van der Waals surface area contributed by atoms with Crippen LogP contribution in [0.1, 0.15) is 37.0 Å². The van der Waals surface area contributed by atoms with Gasteiger partial charge < -0.3 is 16.0 Å². The summed E-state index contributed by atoms with van der Waals surface area (Å²) in [6.45, 7) is 5.21. The summed E-state index contributed by atoms with van der Waals surface area (Å²) in [5.41, 5.74) is 6.63. The van der Waals surface area contributed by atoms with Gasteiger partial charge in [0.25, 0.3) is 5.91 Å². The van der Waals surface area contributed by atoms with Crippen LogP contribution >= 0.6 is 11.8 Å². The van der Waals surface area contributed by atoms with E-state index in [4.69, 9.17) is 5.73 Å². The molecule has 0 aliphatic carbocycles. The van der Waals surface area contributed by atoms with Crippen molar-refractivity contribution in [3.8, 4) is 0 Å². The average Bonchev–Trinajstić information content (AvgIpc) is 2.52. The first-order chi connectivity index (χ1) is 11.0. The van der Waals surface area contributed by atoms with Crippen LogP contribution in [0.25, 0.3) is 0 Å². The second-order valence-corrected chi connectivity index (χ2v) is 7.18. The number of amides is 2. The Bertz CT molecular complexity index is 563. The summed E-state index contributed by atoms with van der Waals surface area (Å²) < 4.78 is 0. The largest absolute Gasteiger partial charge is 0.353 e. The summed E-state index contributed by atoms with van der Waals surface area (Å²) in [5.74, 6) is 0.293. The highest BCUT2D eigenvalue weighted by Crippen LogP contribution is 2.24. The molecule has 0 bridgehead atoms. The average molecular weight is 335 g/mol. The number of rotatable bonds is 5. The SMILES string of the molecule is CC(C)NC(=O)CSc1ccccc1C(=O)N1CCCC(N)C1. The molecule has 5 nitrogen and oxygen atoms in total. The molecule has 0 saturated carbocycles. The molecule has 1 aliphatic heterocycles. The molecule has 0 spiro atoms. The van der Waals surface area contributed by atoms with Crippen LogP contribution in [0.15, 0.2) is 29.2 Å². The normalized spacial score (nSPS) is 18.1. The predicted molar refractivity (Wildman–Crippen MR) is 93.6 cm³/mol. The van der Waals surface area contributed by atoms with Gasteiger partial charge in [0.2, 0.25) is 5.91 Å². The smallest absolute Gasteiger partial charge is 0.255 e. The van der Waals surface area contributed by atoms with Gasteiger partial charge in [0.15, 0.2) is 0 Å². The fourth-order valence-electron chi connectivity index (χ4n) is 2.64. The topological polar surface area (TPSA) is 75.4 Å². The van der Waals surface area contributed by atoms with E-state index in [2.05, 4.69) is 5.32 Å². The quantitative estimate of drug-likeness (QED) is 0.806. The highest BCUT2D eigenvalue weighted by Gasteiger charge is 2.24. The zero-order valence-electron chi connectivity index (χ0n) is 13.7. The molecule has 1 fully saturated rings. The maximum absolute atomic E-state index is 12.7. The Morgan fingerprint density at radius 3 is 2.83 bits per heavy atom. The second-order valence-electron chi connectivity index (χ2n) is 6.16. The number of likely N-dealkylation sites (tertiary alicyclic amines) is 1. The number of thioether (sulfide) groups is 1. The van der Waals surface area contributed by atoms with Gasteiger partial charge in [0.05, 0.1) is 11.3 Å². The van der Waals surface area contributed by atoms with Crippen LogP contribution in [-0.2, 0) is 4.79 Å². The summed E-state index contributed by atoms with van der Waals surface area (Å²) in [6.07, 6.45) is 1.91. The van der Waals surface area contributed by atoms with Crippen molar-refractivity contribution in [2.75, 3.05) is 18.8 Å². The number of hydrogen-bond donors (Lipinski definition) is 2. The third-order valence-corrected chi connectivity index (χ3v) is 4.74. The van der Waals surface area contributed by atoms with Crippen molar-refractivity contribution in [1.29, 1.82) is 0 Å². The molecule has 3 N–H and O–H groups in total. The van der Waals surface area contributed by atoms with E-state index in [-0.39, 0.29) is 23.9 Å². The van der Waals surface area contributed by atoms with Gasteiger partial charge in [-0.3, -0.25) is 9.59 Å². The lowest BCUT2D eigenvalue weighted by Crippen LogP contribution is -2.45. The zero-order chi connectivity index (χ0) is 16.8. The van der Waals surface area contributed by atoms with Crippen molar-refractivity contribution in [3.63, 3.8) is 0 Å². The molecule has 1 aromatic carbocycles. The van der Waals surface area contributed by atoms with E-state index in [0.717, 1.165) is 24.3 Å². The van der Waals surface area contributed by atoms with E-state index >= 15 is 0 Å². The van der Waals surface area contributed by atoms with Crippen molar-refractivity contribution in [2.45, 2.75) is 43.7 Å². The maximum atomic E-state index is 12.7. The molecule has 0 aromatic heterocycles. The molecule has 2 amide bonds. The number of hydrogen-bond acceptors (Lipinski definition) is 4. The summed E-state index contributed by atoms with van der Waals surface area (Å²) in [4.78, 5) is 27.2. The molecule has 1 heterocycles. The molecule has 1 atom stereocenters. The third-order valence-electron chi connectivity index (χ3n) is 3.67. The lowest BCUT2D eigenvalue weighted by Gasteiger charge is -2.31. The Labute approximate surface area is 142 Å². The number of carbonyl (C=O) groups excluding carboxylic acids is 2. The van der Waals surface area contributed by atoms with Gasteiger partial charge in [0, 0.05) is 30.1 Å². The first-order valence-electron chi connectivity index (χ1n) is 8.03. The van der Waals surface area contributed by atoms with Gasteiger partial charge in [-0.1, -0.05) is 12.1 Å². The Balaban J connectivity index is 2.04. The molecule has 1 saturated heterocycles. The summed E-state index contributed by atoms with van der Waals surface area (Å²) >= 11 is 1.40. The van der Waals surface area contributed by atoms with Gasteiger partial charge in [0.1, 0.15) is 0 Å². The Hall–Kier alpha value is -1.53. The van der Waals surface area contributed by atoms with Crippen molar-refractivity contribution in [1.82, 2.24) is 10.2 Å². The minimum atomic E-state index is -0.0211. The highest BCUT2D eigenvalue weighted by molar-refractivity contribution is 8.00. The summed E-state index contributed by atoms with van der Waals surface area (Å²) in [6, 6.07) is 7.64. The minimum absolute atomic E-state index is 0.00696. The molecular weight excluding hydrogens is 310 g/mol. The van der Waals surface area contributed by atoms with E-state index in [0.29, 0.717) is 17.9 Å². The van der Waals surface area contributed by atoms with Crippen LogP contribution in [0.2, 0.25) is 0 Å². The lowest BCUT2D eigenvalue weighted by atomic mass is 10.1. The molecule has 1 unspecified atom stereocenters. The van der Waals surface area contributed by atoms with Crippen LogP contribution in [0, 0.1) is 0 Å². The molecule has 0 radical (unpaired) electrons. The van der Waals surface area contributed by atoms with Crippen LogP contribution in [0.4, 0.5) is 0 Å². The molecule has 2 rings (SSSR count). The fourth-order valence-corrected chi connectivity index (χ4v) is 3.50. The third kappa shape index (κ3) is 5.25. The van der Waals surface area contributed by atoms with Crippen LogP contribution in [0.5, 0.6) is 0 Å². The second kappa shape index (κ2) is 8.36. The number of nitrogens with one attached hydrogen (secondary N) is 1. The number of nitrogens with zero attached hydrogens (tertiary/aromatic N) is 1. The summed E-state index contributed by atoms with van der Waals surface area (Å²) in [5, 5.41) is 2.86. The van der Waals surface area contributed by atoms with E-state index in [1.165, 1.54) is 11.8 Å². The highest BCUT2D eigenvalue weighted by atomic mass is 32.2. The number of nitrogens with two attached hydrogens (primary N) is 1. The standard InChI is InChI=1S/C17H25N3O2S/c1-12(2)19-16(21)11-23-15-8-4-3-7-14(15)17(22)20-9-5-6-13(18)10-20/h3-4,7-8,12-13H,5-6,9-11,18H2,1-2H3,(H,19,21).